The number of aryl methyl sites for hydroxylation is 1. The standard InChI is InChI=1S/C24H29BrClN6O/c25-19-6-3-17(4-7-19)5-8-20(31-10-12-33-13-11-31)14-18-2-1-9-32(15-18)23-21-22(28-16-27-21)29-24(26)30-23/h3-4,6-7,16,18H,1-2,5,8-15H2,(H,27,28,29,30). The van der Waals surface area contributed by atoms with Crippen molar-refractivity contribution >= 4 is 44.5 Å². The lowest BCUT2D eigenvalue weighted by Crippen LogP contribution is -2.42. The van der Waals surface area contributed by atoms with Gasteiger partial charge in [0.15, 0.2) is 17.0 Å². The van der Waals surface area contributed by atoms with Gasteiger partial charge in [0.25, 0.3) is 0 Å². The number of piperidine rings is 1. The number of nitrogens with zero attached hydrogens (tertiary/aromatic N) is 5. The number of nitrogens with one attached hydrogen (secondary N) is 1. The first-order valence-electron chi connectivity index (χ1n) is 11.7. The van der Waals surface area contributed by atoms with E-state index in [2.05, 4.69) is 69.9 Å². The third-order valence-corrected chi connectivity index (χ3v) is 7.35. The van der Waals surface area contributed by atoms with E-state index in [1.165, 1.54) is 12.0 Å². The number of benzene rings is 1. The molecule has 33 heavy (non-hydrogen) atoms. The molecule has 0 aliphatic carbocycles. The molecule has 1 unspecified atom stereocenters. The van der Waals surface area contributed by atoms with Gasteiger partial charge < -0.3 is 14.6 Å². The molecule has 1 radical (unpaired) electrons. The predicted octanol–water partition coefficient (Wildman–Crippen LogP) is 4.87. The quantitative estimate of drug-likeness (QED) is 0.438. The number of aromatic amines is 1. The fraction of sp³-hybridized carbons (Fsp3) is 0.500. The van der Waals surface area contributed by atoms with Crippen molar-refractivity contribution in [1.82, 2.24) is 24.8 Å². The molecule has 2 aliphatic rings. The topological polar surface area (TPSA) is 70.2 Å². The predicted molar refractivity (Wildman–Crippen MR) is 134 cm³/mol. The number of H-pyrrole nitrogens is 1. The van der Waals surface area contributed by atoms with Crippen molar-refractivity contribution in [1.29, 1.82) is 0 Å². The first-order chi connectivity index (χ1) is 16.2. The summed E-state index contributed by atoms with van der Waals surface area (Å²) >= 11 is 9.75. The molecular weight excluding hydrogens is 504 g/mol. The Morgan fingerprint density at radius 1 is 1.15 bits per heavy atom. The average molecular weight is 533 g/mol. The van der Waals surface area contributed by atoms with E-state index in [4.69, 9.17) is 16.3 Å². The van der Waals surface area contributed by atoms with Crippen molar-refractivity contribution in [2.75, 3.05) is 44.3 Å². The summed E-state index contributed by atoms with van der Waals surface area (Å²) in [5.41, 5.74) is 2.88. The SMILES string of the molecule is Clc1nc(N2CCCC(C[C](CCc3ccc(Br)cc3)N3CCOCC3)C2)c2nc[nH]c2n1. The van der Waals surface area contributed by atoms with Gasteiger partial charge in [-0.25, -0.2) is 4.98 Å². The molecule has 2 fully saturated rings. The fourth-order valence-electron chi connectivity index (χ4n) is 4.98. The van der Waals surface area contributed by atoms with Gasteiger partial charge in [0.2, 0.25) is 5.28 Å². The molecule has 1 aromatic carbocycles. The van der Waals surface area contributed by atoms with Crippen molar-refractivity contribution in [2.45, 2.75) is 32.1 Å². The third kappa shape index (κ3) is 5.67. The van der Waals surface area contributed by atoms with E-state index in [1.807, 2.05) is 0 Å². The van der Waals surface area contributed by atoms with Gasteiger partial charge in [-0.15, -0.1) is 0 Å². The van der Waals surface area contributed by atoms with Crippen LogP contribution in [0.25, 0.3) is 11.2 Å². The summed E-state index contributed by atoms with van der Waals surface area (Å²) in [6.07, 6.45) is 7.28. The third-order valence-electron chi connectivity index (χ3n) is 6.65. The number of aromatic nitrogens is 4. The van der Waals surface area contributed by atoms with Crippen LogP contribution < -0.4 is 4.90 Å². The Kier molecular flexibility index (Phi) is 7.45. The van der Waals surface area contributed by atoms with Crippen LogP contribution in [0.1, 0.15) is 31.2 Å². The van der Waals surface area contributed by atoms with Crippen molar-refractivity contribution in [3.8, 4) is 0 Å². The molecule has 2 aromatic heterocycles. The second-order valence-corrected chi connectivity index (χ2v) is 10.1. The fourth-order valence-corrected chi connectivity index (χ4v) is 5.41. The summed E-state index contributed by atoms with van der Waals surface area (Å²) in [5, 5.41) is 0.263. The number of imidazole rings is 1. The van der Waals surface area contributed by atoms with Crippen molar-refractivity contribution in [3.05, 3.63) is 52.0 Å². The van der Waals surface area contributed by atoms with Gasteiger partial charge >= 0.3 is 0 Å². The number of hydrogen-bond donors (Lipinski definition) is 1. The maximum atomic E-state index is 6.21. The molecular formula is C24H29BrClN6O. The molecule has 3 aromatic rings. The summed E-state index contributed by atoms with van der Waals surface area (Å²) in [7, 11) is 0. The molecule has 7 nitrogen and oxygen atoms in total. The van der Waals surface area contributed by atoms with E-state index in [0.717, 1.165) is 80.9 Å². The van der Waals surface area contributed by atoms with Gasteiger partial charge in [0, 0.05) is 36.7 Å². The highest BCUT2D eigenvalue weighted by molar-refractivity contribution is 9.10. The highest BCUT2D eigenvalue weighted by Gasteiger charge is 2.29. The monoisotopic (exact) mass is 531 g/mol. The van der Waals surface area contributed by atoms with E-state index in [9.17, 15) is 0 Å². The lowest BCUT2D eigenvalue weighted by molar-refractivity contribution is 0.0347. The van der Waals surface area contributed by atoms with Gasteiger partial charge in [0.1, 0.15) is 0 Å². The average Bonchev–Trinajstić information content (AvgIpc) is 3.31. The minimum Gasteiger partial charge on any atom is -0.379 e. The second kappa shape index (κ2) is 10.7. The number of hydrogen-bond acceptors (Lipinski definition) is 6. The number of morpholine rings is 1. The molecule has 0 bridgehead atoms. The van der Waals surface area contributed by atoms with Crippen molar-refractivity contribution in [3.63, 3.8) is 0 Å². The van der Waals surface area contributed by atoms with Crippen LogP contribution in [-0.2, 0) is 11.2 Å². The van der Waals surface area contributed by atoms with Crippen LogP contribution in [0.4, 0.5) is 5.82 Å². The number of ether oxygens (including phenoxy) is 1. The zero-order valence-electron chi connectivity index (χ0n) is 18.6. The van der Waals surface area contributed by atoms with Crippen molar-refractivity contribution < 1.29 is 4.74 Å². The number of halogens is 2. The Morgan fingerprint density at radius 2 is 1.97 bits per heavy atom. The molecule has 0 amide bonds. The molecule has 5 rings (SSSR count). The smallest absolute Gasteiger partial charge is 0.226 e. The molecule has 1 atom stereocenters. The Hall–Kier alpha value is -1.74. The van der Waals surface area contributed by atoms with Gasteiger partial charge in [0.05, 0.1) is 19.5 Å². The summed E-state index contributed by atoms with van der Waals surface area (Å²) in [5.74, 6) is 1.42. The minimum absolute atomic E-state index is 0.263. The van der Waals surface area contributed by atoms with E-state index in [1.54, 1.807) is 12.4 Å². The van der Waals surface area contributed by atoms with E-state index >= 15 is 0 Å². The molecule has 175 valence electrons. The Labute approximate surface area is 208 Å². The Bertz CT molecular complexity index is 1050. The molecule has 1 N–H and O–H groups in total. The maximum absolute atomic E-state index is 6.21. The first-order valence-corrected chi connectivity index (χ1v) is 12.9. The van der Waals surface area contributed by atoms with E-state index in [-0.39, 0.29) is 5.28 Å². The van der Waals surface area contributed by atoms with Gasteiger partial charge in [-0.2, -0.15) is 9.97 Å². The van der Waals surface area contributed by atoms with Crippen LogP contribution in [0.3, 0.4) is 0 Å². The molecule has 4 heterocycles. The maximum Gasteiger partial charge on any atom is 0.226 e. The van der Waals surface area contributed by atoms with Crippen LogP contribution >= 0.6 is 27.5 Å². The van der Waals surface area contributed by atoms with E-state index in [0.29, 0.717) is 11.6 Å². The largest absolute Gasteiger partial charge is 0.379 e. The highest BCUT2D eigenvalue weighted by Crippen LogP contribution is 2.33. The second-order valence-electron chi connectivity index (χ2n) is 8.87. The van der Waals surface area contributed by atoms with Gasteiger partial charge in [-0.05, 0) is 67.3 Å². The highest BCUT2D eigenvalue weighted by atomic mass is 79.9. The lowest BCUT2D eigenvalue weighted by atomic mass is 9.88. The van der Waals surface area contributed by atoms with Gasteiger partial charge in [-0.3, -0.25) is 4.90 Å². The van der Waals surface area contributed by atoms with Crippen LogP contribution in [0.2, 0.25) is 5.28 Å². The van der Waals surface area contributed by atoms with Crippen molar-refractivity contribution in [2.24, 2.45) is 5.92 Å². The Morgan fingerprint density at radius 3 is 2.79 bits per heavy atom. The molecule has 2 saturated heterocycles. The lowest BCUT2D eigenvalue weighted by Gasteiger charge is -2.39. The summed E-state index contributed by atoms with van der Waals surface area (Å²) in [4.78, 5) is 21.2. The zero-order chi connectivity index (χ0) is 22.6. The summed E-state index contributed by atoms with van der Waals surface area (Å²) in [6.45, 7) is 5.53. The minimum atomic E-state index is 0.263. The summed E-state index contributed by atoms with van der Waals surface area (Å²) < 4.78 is 6.76. The molecule has 0 saturated carbocycles. The van der Waals surface area contributed by atoms with Crippen LogP contribution in [-0.4, -0.2) is 64.2 Å². The van der Waals surface area contributed by atoms with Crippen LogP contribution in [0.5, 0.6) is 0 Å². The normalized spacial score (nSPS) is 20.1. The van der Waals surface area contributed by atoms with Crippen LogP contribution in [0.15, 0.2) is 35.1 Å². The molecule has 9 heteroatoms. The first kappa shape index (κ1) is 23.0. The number of anilines is 1. The van der Waals surface area contributed by atoms with E-state index < -0.39 is 0 Å². The number of rotatable bonds is 7. The molecule has 0 spiro atoms. The zero-order valence-corrected chi connectivity index (χ0v) is 21.0. The summed E-state index contributed by atoms with van der Waals surface area (Å²) in [6, 6.07) is 10.3. The van der Waals surface area contributed by atoms with Gasteiger partial charge in [-0.1, -0.05) is 28.1 Å². The number of fused-ring (bicyclic) bond motifs is 1. The molecule has 2 aliphatic heterocycles. The van der Waals surface area contributed by atoms with Crippen LogP contribution in [0, 0.1) is 12.0 Å². The Balaban J connectivity index is 1.29.